The Kier molecular flexibility index (Phi) is 5.19. The van der Waals surface area contributed by atoms with Crippen molar-refractivity contribution in [1.29, 1.82) is 0 Å². The van der Waals surface area contributed by atoms with Crippen LogP contribution < -0.4 is 11.1 Å². The molecule has 1 aromatic carbocycles. The minimum atomic E-state index is 0.787. The zero-order valence-corrected chi connectivity index (χ0v) is 9.79. The van der Waals surface area contributed by atoms with Gasteiger partial charge in [0, 0.05) is 12.2 Å². The second-order valence-corrected chi connectivity index (χ2v) is 4.01. The fourth-order valence-corrected chi connectivity index (χ4v) is 1.68. The second kappa shape index (κ2) is 6.46. The van der Waals surface area contributed by atoms with E-state index in [1.165, 1.54) is 18.4 Å². The average molecular weight is 206 g/mol. The molecule has 0 radical (unpaired) electrons. The molecule has 0 aromatic heterocycles. The summed E-state index contributed by atoms with van der Waals surface area (Å²) in [4.78, 5) is 0. The van der Waals surface area contributed by atoms with Gasteiger partial charge in [-0.2, -0.15) is 0 Å². The summed E-state index contributed by atoms with van der Waals surface area (Å²) in [5.74, 6) is 0.787. The number of anilines is 1. The molecule has 0 bridgehead atoms. The van der Waals surface area contributed by atoms with E-state index in [1.807, 2.05) is 18.2 Å². The van der Waals surface area contributed by atoms with Crippen molar-refractivity contribution in [1.82, 2.24) is 5.32 Å². The lowest BCUT2D eigenvalue weighted by molar-refractivity contribution is 0.450. The maximum Gasteiger partial charge on any atom is 0.0359 e. The van der Waals surface area contributed by atoms with Gasteiger partial charge in [0.05, 0.1) is 0 Å². The first-order valence-corrected chi connectivity index (χ1v) is 5.82. The van der Waals surface area contributed by atoms with Crippen molar-refractivity contribution in [3.8, 4) is 0 Å². The van der Waals surface area contributed by atoms with Crippen molar-refractivity contribution < 1.29 is 0 Å². The van der Waals surface area contributed by atoms with Crippen LogP contribution in [0, 0.1) is 5.92 Å². The van der Waals surface area contributed by atoms with E-state index in [2.05, 4.69) is 25.2 Å². The number of rotatable bonds is 6. The molecular weight excluding hydrogens is 184 g/mol. The van der Waals surface area contributed by atoms with Crippen LogP contribution in [0.5, 0.6) is 0 Å². The van der Waals surface area contributed by atoms with Crippen molar-refractivity contribution in [2.75, 3.05) is 12.3 Å². The largest absolute Gasteiger partial charge is 0.398 e. The van der Waals surface area contributed by atoms with Gasteiger partial charge in [-0.05, 0) is 24.1 Å². The van der Waals surface area contributed by atoms with Crippen molar-refractivity contribution >= 4 is 5.69 Å². The van der Waals surface area contributed by atoms with E-state index in [0.717, 1.165) is 24.7 Å². The molecule has 0 amide bonds. The number of nitrogens with one attached hydrogen (secondary N) is 1. The molecule has 0 aliphatic rings. The third-order valence-corrected chi connectivity index (χ3v) is 2.96. The fraction of sp³-hybridized carbons (Fsp3) is 0.538. The van der Waals surface area contributed by atoms with Crippen LogP contribution in [0.3, 0.4) is 0 Å². The Morgan fingerprint density at radius 1 is 1.20 bits per heavy atom. The van der Waals surface area contributed by atoms with E-state index in [1.54, 1.807) is 0 Å². The van der Waals surface area contributed by atoms with Crippen LogP contribution in [0.15, 0.2) is 24.3 Å². The van der Waals surface area contributed by atoms with Gasteiger partial charge in [-0.25, -0.2) is 0 Å². The lowest BCUT2D eigenvalue weighted by Gasteiger charge is -2.13. The van der Waals surface area contributed by atoms with Gasteiger partial charge in [-0.1, -0.05) is 44.9 Å². The fourth-order valence-electron chi connectivity index (χ4n) is 1.68. The van der Waals surface area contributed by atoms with Crippen LogP contribution in [0.2, 0.25) is 0 Å². The van der Waals surface area contributed by atoms with Crippen molar-refractivity contribution in [3.63, 3.8) is 0 Å². The average Bonchev–Trinajstić information content (AvgIpc) is 2.27. The molecule has 0 fully saturated rings. The summed E-state index contributed by atoms with van der Waals surface area (Å²) in [7, 11) is 0. The lowest BCUT2D eigenvalue weighted by Crippen LogP contribution is -2.22. The zero-order chi connectivity index (χ0) is 11.1. The first-order valence-electron chi connectivity index (χ1n) is 5.82. The quantitative estimate of drug-likeness (QED) is 0.702. The first kappa shape index (κ1) is 12.1. The third kappa shape index (κ3) is 3.92. The van der Waals surface area contributed by atoms with Crippen LogP contribution in [-0.2, 0) is 6.54 Å². The van der Waals surface area contributed by atoms with Crippen molar-refractivity contribution in [3.05, 3.63) is 29.8 Å². The van der Waals surface area contributed by atoms with Crippen LogP contribution in [0.25, 0.3) is 0 Å². The Morgan fingerprint density at radius 2 is 1.87 bits per heavy atom. The van der Waals surface area contributed by atoms with Gasteiger partial charge in [0.1, 0.15) is 0 Å². The molecule has 0 aliphatic heterocycles. The first-order chi connectivity index (χ1) is 7.27. The number of nitrogens with two attached hydrogens (primary N) is 1. The van der Waals surface area contributed by atoms with Gasteiger partial charge in [-0.15, -0.1) is 0 Å². The monoisotopic (exact) mass is 206 g/mol. The van der Waals surface area contributed by atoms with Gasteiger partial charge in [-0.3, -0.25) is 0 Å². The summed E-state index contributed by atoms with van der Waals surface area (Å²) < 4.78 is 0. The minimum Gasteiger partial charge on any atom is -0.398 e. The highest BCUT2D eigenvalue weighted by atomic mass is 14.9. The van der Waals surface area contributed by atoms with E-state index in [4.69, 9.17) is 5.73 Å². The Labute approximate surface area is 92.9 Å². The van der Waals surface area contributed by atoms with Crippen molar-refractivity contribution in [2.45, 2.75) is 33.2 Å². The molecule has 1 aromatic rings. The number of para-hydroxylation sites is 1. The molecule has 84 valence electrons. The summed E-state index contributed by atoms with van der Waals surface area (Å²) in [6.45, 7) is 6.45. The highest BCUT2D eigenvalue weighted by Crippen LogP contribution is 2.10. The number of benzene rings is 1. The summed E-state index contributed by atoms with van der Waals surface area (Å²) in [5, 5.41) is 3.46. The summed E-state index contributed by atoms with van der Waals surface area (Å²) in [5.41, 5.74) is 7.94. The number of nitrogen functional groups attached to an aromatic ring is 1. The van der Waals surface area contributed by atoms with Gasteiger partial charge in [0.25, 0.3) is 0 Å². The highest BCUT2D eigenvalue weighted by molar-refractivity contribution is 5.46. The van der Waals surface area contributed by atoms with Crippen LogP contribution in [0.1, 0.15) is 32.3 Å². The molecule has 2 nitrogen and oxygen atoms in total. The molecule has 0 saturated carbocycles. The topological polar surface area (TPSA) is 38.0 Å². The third-order valence-electron chi connectivity index (χ3n) is 2.96. The number of hydrogen-bond acceptors (Lipinski definition) is 2. The highest BCUT2D eigenvalue weighted by Gasteiger charge is 2.03. The summed E-state index contributed by atoms with van der Waals surface area (Å²) in [6, 6.07) is 8.04. The molecule has 0 heterocycles. The van der Waals surface area contributed by atoms with Crippen LogP contribution >= 0.6 is 0 Å². The Morgan fingerprint density at radius 3 is 2.47 bits per heavy atom. The molecule has 15 heavy (non-hydrogen) atoms. The SMILES string of the molecule is CCC(CC)CNCc1ccccc1N. The summed E-state index contributed by atoms with van der Waals surface area (Å²) >= 11 is 0. The molecule has 3 N–H and O–H groups in total. The maximum absolute atomic E-state index is 5.86. The van der Waals surface area contributed by atoms with Gasteiger partial charge < -0.3 is 11.1 Å². The molecule has 0 aliphatic carbocycles. The Balaban J connectivity index is 2.34. The lowest BCUT2D eigenvalue weighted by atomic mass is 10.0. The molecule has 1 rings (SSSR count). The van der Waals surface area contributed by atoms with Crippen LogP contribution in [0.4, 0.5) is 5.69 Å². The van der Waals surface area contributed by atoms with E-state index in [0.29, 0.717) is 0 Å². The van der Waals surface area contributed by atoms with E-state index < -0.39 is 0 Å². The minimum absolute atomic E-state index is 0.787. The molecule has 0 spiro atoms. The zero-order valence-electron chi connectivity index (χ0n) is 9.79. The van der Waals surface area contributed by atoms with Gasteiger partial charge >= 0.3 is 0 Å². The molecule has 0 unspecified atom stereocenters. The molecule has 0 saturated heterocycles. The smallest absolute Gasteiger partial charge is 0.0359 e. The van der Waals surface area contributed by atoms with Gasteiger partial charge in [0.2, 0.25) is 0 Å². The number of hydrogen-bond donors (Lipinski definition) is 2. The van der Waals surface area contributed by atoms with E-state index in [-0.39, 0.29) is 0 Å². The predicted octanol–water partition coefficient (Wildman–Crippen LogP) is 2.79. The van der Waals surface area contributed by atoms with E-state index in [9.17, 15) is 0 Å². The normalized spacial score (nSPS) is 10.9. The second-order valence-electron chi connectivity index (χ2n) is 4.01. The molecule has 2 heteroatoms. The predicted molar refractivity (Wildman–Crippen MR) is 66.6 cm³/mol. The Hall–Kier alpha value is -1.02. The van der Waals surface area contributed by atoms with Gasteiger partial charge in [0.15, 0.2) is 0 Å². The molecular formula is C13H22N2. The van der Waals surface area contributed by atoms with E-state index >= 15 is 0 Å². The maximum atomic E-state index is 5.86. The standard InChI is InChI=1S/C13H22N2/c1-3-11(4-2)9-15-10-12-7-5-6-8-13(12)14/h5-8,11,15H,3-4,9-10,14H2,1-2H3. The molecule has 0 atom stereocenters. The summed E-state index contributed by atoms with van der Waals surface area (Å²) in [6.07, 6.45) is 2.49. The van der Waals surface area contributed by atoms with Crippen LogP contribution in [-0.4, -0.2) is 6.54 Å². The van der Waals surface area contributed by atoms with Crippen molar-refractivity contribution in [2.24, 2.45) is 5.92 Å². The Bertz CT molecular complexity index is 280.